The molecule has 2 fully saturated rings. The largest absolute Gasteiger partial charge is 0.497 e. The highest BCUT2D eigenvalue weighted by atomic mass is 32.2. The molecular weight excluding hydrogens is 439 g/mol. The number of carboxylic acid groups (broad SMARTS) is 1. The van der Waals surface area contributed by atoms with E-state index in [1.165, 1.54) is 31.9 Å². The van der Waals surface area contributed by atoms with Crippen molar-refractivity contribution in [1.29, 1.82) is 0 Å². The molecule has 180 valence electrons. The summed E-state index contributed by atoms with van der Waals surface area (Å²) in [7, 11) is 1.60. The van der Waals surface area contributed by atoms with Crippen molar-refractivity contribution in [3.05, 3.63) is 35.8 Å². The number of ether oxygens (including phenoxy) is 1. The quantitative estimate of drug-likeness (QED) is 0.497. The molecule has 1 aromatic carbocycles. The predicted octanol–water partition coefficient (Wildman–Crippen LogP) is 5.40. The van der Waals surface area contributed by atoms with Crippen LogP contribution in [-0.2, 0) is 11.2 Å². The SMILES string of the molecule is COc1ccc2ncc(F)c(CCCC3CCN(CCSC4CCCC4)CC3C(=O)O)c2c1. The summed E-state index contributed by atoms with van der Waals surface area (Å²) < 4.78 is 19.9. The molecular formula is C26H35FN2O3S. The number of aliphatic carboxylic acids is 1. The molecule has 1 saturated heterocycles. The molecule has 5 nitrogen and oxygen atoms in total. The standard InChI is InChI=1S/C26H35FN2O3S/c1-32-19-9-10-25-22(15-19)21(24(27)16-28-25)8-4-5-18-11-12-29(17-23(18)26(30)31)13-14-33-20-6-2-3-7-20/h9-10,15-16,18,20,23H,2-8,11-14,17H2,1H3,(H,30,31). The van der Waals surface area contributed by atoms with Gasteiger partial charge in [-0.15, -0.1) is 0 Å². The maximum absolute atomic E-state index is 14.6. The third-order valence-electron chi connectivity index (χ3n) is 7.36. The zero-order valence-corrected chi connectivity index (χ0v) is 20.3. The van der Waals surface area contributed by atoms with E-state index in [-0.39, 0.29) is 17.7 Å². The Morgan fingerprint density at radius 3 is 2.88 bits per heavy atom. The number of methoxy groups -OCH3 is 1. The van der Waals surface area contributed by atoms with Gasteiger partial charge in [0, 0.05) is 29.5 Å². The number of piperidine rings is 1. The van der Waals surface area contributed by atoms with Gasteiger partial charge in [-0.1, -0.05) is 12.8 Å². The van der Waals surface area contributed by atoms with Gasteiger partial charge in [0.15, 0.2) is 0 Å². The van der Waals surface area contributed by atoms with Gasteiger partial charge in [0.2, 0.25) is 0 Å². The third-order valence-corrected chi connectivity index (χ3v) is 8.72. The number of nitrogens with zero attached hydrogens (tertiary/aromatic N) is 2. The number of halogens is 1. The molecule has 7 heteroatoms. The van der Waals surface area contributed by atoms with Crippen LogP contribution in [0, 0.1) is 17.7 Å². The topological polar surface area (TPSA) is 62.7 Å². The molecule has 0 radical (unpaired) electrons. The second kappa shape index (κ2) is 11.5. The first-order valence-corrected chi connectivity index (χ1v) is 13.3. The van der Waals surface area contributed by atoms with Crippen LogP contribution in [0.5, 0.6) is 5.75 Å². The molecule has 0 spiro atoms. The van der Waals surface area contributed by atoms with Crippen LogP contribution in [0.25, 0.3) is 10.9 Å². The minimum Gasteiger partial charge on any atom is -0.497 e. The summed E-state index contributed by atoms with van der Waals surface area (Å²) in [4.78, 5) is 18.5. The van der Waals surface area contributed by atoms with Gasteiger partial charge in [-0.05, 0) is 74.8 Å². The number of fused-ring (bicyclic) bond motifs is 1. The van der Waals surface area contributed by atoms with Gasteiger partial charge in [-0.3, -0.25) is 9.78 Å². The minimum absolute atomic E-state index is 0.145. The first kappa shape index (κ1) is 24.3. The van der Waals surface area contributed by atoms with Gasteiger partial charge >= 0.3 is 5.97 Å². The van der Waals surface area contributed by atoms with Crippen LogP contribution in [0.2, 0.25) is 0 Å². The number of hydrogen-bond donors (Lipinski definition) is 1. The van der Waals surface area contributed by atoms with Crippen LogP contribution in [0.15, 0.2) is 24.4 Å². The molecule has 1 N–H and O–H groups in total. The van der Waals surface area contributed by atoms with E-state index < -0.39 is 5.97 Å². The Balaban J connectivity index is 1.31. The van der Waals surface area contributed by atoms with E-state index in [0.29, 0.717) is 24.3 Å². The zero-order valence-electron chi connectivity index (χ0n) is 19.5. The van der Waals surface area contributed by atoms with Crippen molar-refractivity contribution >= 4 is 28.6 Å². The van der Waals surface area contributed by atoms with Gasteiger partial charge in [0.05, 0.1) is 24.7 Å². The van der Waals surface area contributed by atoms with Crippen LogP contribution >= 0.6 is 11.8 Å². The number of aromatic nitrogens is 1. The molecule has 1 aromatic heterocycles. The molecule has 2 aliphatic rings. The van der Waals surface area contributed by atoms with Gasteiger partial charge in [0.25, 0.3) is 0 Å². The Kier molecular flexibility index (Phi) is 8.47. The molecule has 2 aromatic rings. The van der Waals surface area contributed by atoms with Gasteiger partial charge < -0.3 is 14.7 Å². The Hall–Kier alpha value is -1.86. The number of benzene rings is 1. The normalized spacial score (nSPS) is 22.1. The zero-order chi connectivity index (χ0) is 23.2. The molecule has 0 amide bonds. The fourth-order valence-corrected chi connectivity index (χ4v) is 6.79. The number of hydrogen-bond acceptors (Lipinski definition) is 5. The minimum atomic E-state index is -0.696. The summed E-state index contributed by atoms with van der Waals surface area (Å²) in [5.74, 6) is 0.583. The molecule has 2 unspecified atom stereocenters. The maximum Gasteiger partial charge on any atom is 0.308 e. The van der Waals surface area contributed by atoms with E-state index in [4.69, 9.17) is 4.74 Å². The summed E-state index contributed by atoms with van der Waals surface area (Å²) in [5.41, 5.74) is 1.39. The number of carbonyl (C=O) groups is 1. The smallest absolute Gasteiger partial charge is 0.308 e. The van der Waals surface area contributed by atoms with Gasteiger partial charge in [-0.2, -0.15) is 11.8 Å². The number of aryl methyl sites for hydroxylation is 1. The lowest BCUT2D eigenvalue weighted by Gasteiger charge is -2.36. The van der Waals surface area contributed by atoms with Crippen molar-refractivity contribution in [3.8, 4) is 5.75 Å². The van der Waals surface area contributed by atoms with Crippen LogP contribution in [0.4, 0.5) is 4.39 Å². The molecule has 1 saturated carbocycles. The van der Waals surface area contributed by atoms with Crippen molar-refractivity contribution in [3.63, 3.8) is 0 Å². The highest BCUT2D eigenvalue weighted by molar-refractivity contribution is 7.99. The number of rotatable bonds is 10. The van der Waals surface area contributed by atoms with Crippen LogP contribution in [-0.4, -0.2) is 58.7 Å². The molecule has 2 atom stereocenters. The first-order chi connectivity index (χ1) is 16.0. The fourth-order valence-electron chi connectivity index (χ4n) is 5.42. The molecule has 2 heterocycles. The van der Waals surface area contributed by atoms with Gasteiger partial charge in [0.1, 0.15) is 11.6 Å². The second-order valence-electron chi connectivity index (χ2n) is 9.43. The highest BCUT2D eigenvalue weighted by Gasteiger charge is 2.34. The first-order valence-electron chi connectivity index (χ1n) is 12.2. The van der Waals surface area contributed by atoms with E-state index in [2.05, 4.69) is 21.6 Å². The number of pyridine rings is 1. The summed E-state index contributed by atoms with van der Waals surface area (Å²) >= 11 is 2.07. The van der Waals surface area contributed by atoms with Crippen molar-refractivity contribution in [2.45, 2.75) is 56.6 Å². The Labute approximate surface area is 200 Å². The number of likely N-dealkylation sites (tertiary alicyclic amines) is 1. The summed E-state index contributed by atoms with van der Waals surface area (Å²) in [6, 6.07) is 5.51. The lowest BCUT2D eigenvalue weighted by atomic mass is 9.81. The molecule has 1 aliphatic heterocycles. The molecule has 4 rings (SSSR count). The van der Waals surface area contributed by atoms with Crippen molar-refractivity contribution in [2.24, 2.45) is 11.8 Å². The van der Waals surface area contributed by atoms with Crippen LogP contribution in [0.1, 0.15) is 50.5 Å². The van der Waals surface area contributed by atoms with Crippen molar-refractivity contribution in [2.75, 3.05) is 32.5 Å². The lowest BCUT2D eigenvalue weighted by molar-refractivity contribution is -0.146. The Bertz CT molecular complexity index is 951. The van der Waals surface area contributed by atoms with E-state index in [1.807, 2.05) is 18.2 Å². The summed E-state index contributed by atoms with van der Waals surface area (Å²) in [5, 5.41) is 11.5. The van der Waals surface area contributed by atoms with Crippen molar-refractivity contribution < 1.29 is 19.0 Å². The summed E-state index contributed by atoms with van der Waals surface area (Å²) in [6.07, 6.45) is 9.71. The average Bonchev–Trinajstić information content (AvgIpc) is 3.34. The molecule has 33 heavy (non-hydrogen) atoms. The fraction of sp³-hybridized carbons (Fsp3) is 0.615. The Morgan fingerprint density at radius 2 is 2.12 bits per heavy atom. The number of carboxylic acids is 1. The number of thioether (sulfide) groups is 1. The van der Waals surface area contributed by atoms with Crippen LogP contribution < -0.4 is 4.74 Å². The van der Waals surface area contributed by atoms with Crippen molar-refractivity contribution in [1.82, 2.24) is 9.88 Å². The van der Waals surface area contributed by atoms with Crippen LogP contribution in [0.3, 0.4) is 0 Å². The molecule has 1 aliphatic carbocycles. The van der Waals surface area contributed by atoms with E-state index in [9.17, 15) is 14.3 Å². The molecule has 0 bridgehead atoms. The van der Waals surface area contributed by atoms with E-state index >= 15 is 0 Å². The Morgan fingerprint density at radius 1 is 1.30 bits per heavy atom. The highest BCUT2D eigenvalue weighted by Crippen LogP contribution is 2.32. The second-order valence-corrected chi connectivity index (χ2v) is 10.8. The van der Waals surface area contributed by atoms with E-state index in [1.54, 1.807) is 7.11 Å². The lowest BCUT2D eigenvalue weighted by Crippen LogP contribution is -2.44. The third kappa shape index (κ3) is 6.18. The monoisotopic (exact) mass is 474 g/mol. The average molecular weight is 475 g/mol. The predicted molar refractivity (Wildman–Crippen MR) is 132 cm³/mol. The van der Waals surface area contributed by atoms with Gasteiger partial charge in [-0.25, -0.2) is 4.39 Å². The summed E-state index contributed by atoms with van der Waals surface area (Å²) in [6.45, 7) is 2.58. The maximum atomic E-state index is 14.6. The van der Waals surface area contributed by atoms with E-state index in [0.717, 1.165) is 54.3 Å².